The highest BCUT2D eigenvalue weighted by Crippen LogP contribution is 2.40. The molecule has 2 aromatic carbocycles. The first-order chi connectivity index (χ1) is 11.1. The van der Waals surface area contributed by atoms with Crippen LogP contribution < -0.4 is 0 Å². The molecule has 1 aliphatic rings. The molecular weight excluding hydrogens is 292 g/mol. The minimum atomic E-state index is 0.0985. The summed E-state index contributed by atoms with van der Waals surface area (Å²) in [6, 6.07) is 15.2. The van der Waals surface area contributed by atoms with Gasteiger partial charge in [0.1, 0.15) is 0 Å². The maximum absolute atomic E-state index is 12.4. The van der Waals surface area contributed by atoms with Gasteiger partial charge in [0.15, 0.2) is 5.78 Å². The molecular formula is C23H28O. The highest BCUT2D eigenvalue weighted by molar-refractivity contribution is 6.02. The lowest BCUT2D eigenvalue weighted by atomic mass is 9.82. The SMILES string of the molecule is CC(C)(C)c1ccc(C2CC(=O)c3ccc(C(C)(C)C)cc32)cc1. The van der Waals surface area contributed by atoms with Crippen LogP contribution >= 0.6 is 0 Å². The van der Waals surface area contributed by atoms with E-state index in [0.29, 0.717) is 6.42 Å². The van der Waals surface area contributed by atoms with Crippen molar-refractivity contribution in [3.8, 4) is 0 Å². The van der Waals surface area contributed by atoms with Gasteiger partial charge in [0.2, 0.25) is 0 Å². The fraction of sp³-hybridized carbons (Fsp3) is 0.435. The highest BCUT2D eigenvalue weighted by Gasteiger charge is 2.31. The lowest BCUT2D eigenvalue weighted by molar-refractivity contribution is 0.0991. The van der Waals surface area contributed by atoms with Gasteiger partial charge >= 0.3 is 0 Å². The van der Waals surface area contributed by atoms with Gasteiger partial charge in [0, 0.05) is 17.9 Å². The van der Waals surface area contributed by atoms with Gasteiger partial charge in [-0.2, -0.15) is 0 Å². The summed E-state index contributed by atoms with van der Waals surface area (Å²) in [6.07, 6.45) is 0.595. The molecule has 1 aliphatic carbocycles. The molecule has 1 heteroatoms. The van der Waals surface area contributed by atoms with Gasteiger partial charge in [-0.3, -0.25) is 4.79 Å². The van der Waals surface area contributed by atoms with Crippen LogP contribution in [0.4, 0.5) is 0 Å². The van der Waals surface area contributed by atoms with E-state index in [4.69, 9.17) is 0 Å². The number of ketones is 1. The molecule has 0 aliphatic heterocycles. The zero-order valence-corrected chi connectivity index (χ0v) is 15.7. The third kappa shape index (κ3) is 3.05. The van der Waals surface area contributed by atoms with Gasteiger partial charge in [-0.15, -0.1) is 0 Å². The maximum atomic E-state index is 12.4. The average molecular weight is 320 g/mol. The number of rotatable bonds is 1. The quantitative estimate of drug-likeness (QED) is 0.630. The van der Waals surface area contributed by atoms with Crippen molar-refractivity contribution in [2.45, 2.75) is 64.7 Å². The van der Waals surface area contributed by atoms with Gasteiger partial charge in [0.25, 0.3) is 0 Å². The van der Waals surface area contributed by atoms with E-state index in [0.717, 1.165) is 5.56 Å². The van der Waals surface area contributed by atoms with Gasteiger partial charge < -0.3 is 0 Å². The van der Waals surface area contributed by atoms with Gasteiger partial charge in [-0.25, -0.2) is 0 Å². The maximum Gasteiger partial charge on any atom is 0.164 e. The number of Topliss-reactive ketones (excluding diaryl/α,β-unsaturated/α-hetero) is 1. The average Bonchev–Trinajstić information content (AvgIpc) is 2.82. The second-order valence-electron chi connectivity index (χ2n) is 9.10. The molecule has 3 rings (SSSR count). The molecule has 0 saturated carbocycles. The van der Waals surface area contributed by atoms with Crippen molar-refractivity contribution in [3.05, 3.63) is 70.3 Å². The molecule has 0 aromatic heterocycles. The Balaban J connectivity index is 2.02. The fourth-order valence-electron chi connectivity index (χ4n) is 3.49. The van der Waals surface area contributed by atoms with Crippen LogP contribution in [0.3, 0.4) is 0 Å². The van der Waals surface area contributed by atoms with Crippen LogP contribution in [0.15, 0.2) is 42.5 Å². The van der Waals surface area contributed by atoms with Crippen LogP contribution in [-0.2, 0) is 10.8 Å². The van der Waals surface area contributed by atoms with Crippen LogP contribution in [-0.4, -0.2) is 5.78 Å². The Morgan fingerprint density at radius 3 is 1.88 bits per heavy atom. The van der Waals surface area contributed by atoms with Crippen molar-refractivity contribution < 1.29 is 4.79 Å². The van der Waals surface area contributed by atoms with E-state index >= 15 is 0 Å². The number of hydrogen-bond donors (Lipinski definition) is 0. The van der Waals surface area contributed by atoms with Crippen LogP contribution in [0.5, 0.6) is 0 Å². The van der Waals surface area contributed by atoms with Crippen LogP contribution in [0, 0.1) is 0 Å². The van der Waals surface area contributed by atoms with E-state index < -0.39 is 0 Å². The third-order valence-electron chi connectivity index (χ3n) is 5.16. The Kier molecular flexibility index (Phi) is 3.94. The topological polar surface area (TPSA) is 17.1 Å². The molecule has 0 radical (unpaired) electrons. The zero-order valence-electron chi connectivity index (χ0n) is 15.7. The highest BCUT2D eigenvalue weighted by atomic mass is 16.1. The fourth-order valence-corrected chi connectivity index (χ4v) is 3.49. The number of fused-ring (bicyclic) bond motifs is 1. The van der Waals surface area contributed by atoms with E-state index in [9.17, 15) is 4.79 Å². The van der Waals surface area contributed by atoms with E-state index in [1.54, 1.807) is 0 Å². The van der Waals surface area contributed by atoms with E-state index in [1.807, 2.05) is 6.07 Å². The third-order valence-corrected chi connectivity index (χ3v) is 5.16. The molecule has 1 unspecified atom stereocenters. The molecule has 24 heavy (non-hydrogen) atoms. The number of hydrogen-bond acceptors (Lipinski definition) is 1. The summed E-state index contributed by atoms with van der Waals surface area (Å²) in [5.41, 5.74) is 6.25. The minimum absolute atomic E-state index is 0.0985. The first kappa shape index (κ1) is 17.0. The molecule has 1 nitrogen and oxygen atoms in total. The van der Waals surface area contributed by atoms with Gasteiger partial charge in [0.05, 0.1) is 0 Å². The molecule has 126 valence electrons. The van der Waals surface area contributed by atoms with Crippen molar-refractivity contribution in [3.63, 3.8) is 0 Å². The molecule has 1 atom stereocenters. The molecule has 0 spiro atoms. The van der Waals surface area contributed by atoms with Crippen molar-refractivity contribution in [2.75, 3.05) is 0 Å². The minimum Gasteiger partial charge on any atom is -0.294 e. The summed E-state index contributed by atoms with van der Waals surface area (Å²) in [5, 5.41) is 0. The molecule has 2 aromatic rings. The standard InChI is InChI=1S/C23H28O/c1-22(2,3)16-9-7-15(8-10-16)19-14-21(24)18-12-11-17(13-20(18)19)23(4,5)6/h7-13,19H,14H2,1-6H3. The first-order valence-electron chi connectivity index (χ1n) is 8.85. The van der Waals surface area contributed by atoms with Crippen molar-refractivity contribution >= 4 is 5.78 Å². The summed E-state index contributed by atoms with van der Waals surface area (Å²) >= 11 is 0. The lowest BCUT2D eigenvalue weighted by Crippen LogP contribution is -2.12. The largest absolute Gasteiger partial charge is 0.294 e. The molecule has 0 saturated heterocycles. The van der Waals surface area contributed by atoms with Crippen LogP contribution in [0.1, 0.15) is 86.5 Å². The van der Waals surface area contributed by atoms with E-state index in [1.165, 1.54) is 22.3 Å². The molecule has 0 fully saturated rings. The number of carbonyl (C=O) groups excluding carboxylic acids is 1. The van der Waals surface area contributed by atoms with Gasteiger partial charge in [-0.05, 0) is 33.1 Å². The Morgan fingerprint density at radius 1 is 0.792 bits per heavy atom. The van der Waals surface area contributed by atoms with Crippen molar-refractivity contribution in [2.24, 2.45) is 0 Å². The number of carbonyl (C=O) groups is 1. The van der Waals surface area contributed by atoms with Crippen molar-refractivity contribution in [1.82, 2.24) is 0 Å². The Bertz CT molecular complexity index is 767. The van der Waals surface area contributed by atoms with E-state index in [-0.39, 0.29) is 22.5 Å². The molecule has 0 amide bonds. The Hall–Kier alpha value is -1.89. The normalized spacial score (nSPS) is 17.9. The van der Waals surface area contributed by atoms with Crippen molar-refractivity contribution in [1.29, 1.82) is 0 Å². The smallest absolute Gasteiger partial charge is 0.164 e. The summed E-state index contributed by atoms with van der Waals surface area (Å²) < 4.78 is 0. The summed E-state index contributed by atoms with van der Waals surface area (Å²) in [5.74, 6) is 0.471. The lowest BCUT2D eigenvalue weighted by Gasteiger charge is -2.22. The molecule has 0 N–H and O–H groups in total. The second-order valence-corrected chi connectivity index (χ2v) is 9.10. The summed E-state index contributed by atoms with van der Waals surface area (Å²) in [4.78, 5) is 12.4. The first-order valence-corrected chi connectivity index (χ1v) is 8.85. The van der Waals surface area contributed by atoms with Crippen LogP contribution in [0.2, 0.25) is 0 Å². The number of benzene rings is 2. The van der Waals surface area contributed by atoms with Gasteiger partial charge in [-0.1, -0.05) is 84.0 Å². The monoisotopic (exact) mass is 320 g/mol. The predicted molar refractivity (Wildman–Crippen MR) is 101 cm³/mol. The zero-order chi connectivity index (χ0) is 17.7. The second kappa shape index (κ2) is 5.58. The molecule has 0 heterocycles. The predicted octanol–water partition coefficient (Wildman–Crippen LogP) is 6.00. The molecule has 0 bridgehead atoms. The van der Waals surface area contributed by atoms with E-state index in [2.05, 4.69) is 77.9 Å². The van der Waals surface area contributed by atoms with Crippen LogP contribution in [0.25, 0.3) is 0 Å². The Labute approximate surface area is 146 Å². The summed E-state index contributed by atoms with van der Waals surface area (Å²) in [7, 11) is 0. The summed E-state index contributed by atoms with van der Waals surface area (Å²) in [6.45, 7) is 13.3. The Morgan fingerprint density at radius 2 is 1.33 bits per heavy atom.